The molecule has 0 bridgehead atoms. The van der Waals surface area contributed by atoms with E-state index in [1.807, 2.05) is 6.08 Å². The Balaban J connectivity index is 1.82. The third-order valence-electron chi connectivity index (χ3n) is 7.49. The molecule has 0 aromatic carbocycles. The Morgan fingerprint density at radius 3 is 2.83 bits per heavy atom. The number of ketones is 1. The molecule has 4 rings (SSSR count). The second kappa shape index (κ2) is 5.17. The normalized spacial score (nSPS) is 46.3. The van der Waals surface area contributed by atoms with Crippen molar-refractivity contribution in [2.45, 2.75) is 39.5 Å². The van der Waals surface area contributed by atoms with Gasteiger partial charge in [-0.3, -0.25) is 4.79 Å². The number of nitrogens with zero attached hydrogens (tertiary/aromatic N) is 1. The molecule has 6 atom stereocenters. The van der Waals surface area contributed by atoms with Gasteiger partial charge in [0, 0.05) is 17.9 Å². The molecule has 0 radical (unpaired) electrons. The Morgan fingerprint density at radius 1 is 1.33 bits per heavy atom. The van der Waals surface area contributed by atoms with Crippen molar-refractivity contribution in [3.8, 4) is 6.07 Å². The van der Waals surface area contributed by atoms with Crippen LogP contribution in [0.25, 0.3) is 0 Å². The van der Waals surface area contributed by atoms with Crippen LogP contribution in [0, 0.1) is 45.8 Å². The van der Waals surface area contributed by atoms with Gasteiger partial charge in [0.1, 0.15) is 0 Å². The maximum Gasteiger partial charge on any atom is 0.178 e. The molecule has 2 saturated carbocycles. The summed E-state index contributed by atoms with van der Waals surface area (Å²) >= 11 is 0. The number of aliphatic hydroxyl groups is 1. The second-order valence-electron chi connectivity index (χ2n) is 8.49. The first kappa shape index (κ1) is 15.8. The summed E-state index contributed by atoms with van der Waals surface area (Å²) in [6, 6.07) is 2.55. The van der Waals surface area contributed by atoms with Gasteiger partial charge in [-0.25, -0.2) is 0 Å². The molecule has 2 fully saturated rings. The lowest BCUT2D eigenvalue weighted by Crippen LogP contribution is -2.46. The van der Waals surface area contributed by atoms with E-state index in [1.165, 1.54) is 5.57 Å². The van der Waals surface area contributed by atoms with Crippen LogP contribution in [0.15, 0.2) is 35.5 Å². The number of hydrogen-bond donors (Lipinski definition) is 1. The molecule has 24 heavy (non-hydrogen) atoms. The number of fused-ring (bicyclic) bond motifs is 5. The molecule has 0 spiro atoms. The van der Waals surface area contributed by atoms with E-state index < -0.39 is 0 Å². The number of nitriles is 1. The summed E-state index contributed by atoms with van der Waals surface area (Å²) in [4.78, 5) is 11.9. The topological polar surface area (TPSA) is 61.1 Å². The summed E-state index contributed by atoms with van der Waals surface area (Å²) in [6.07, 6.45) is 11.8. The van der Waals surface area contributed by atoms with Crippen LogP contribution in [0.3, 0.4) is 0 Å². The number of carbonyl (C=O) groups is 1. The summed E-state index contributed by atoms with van der Waals surface area (Å²) < 4.78 is 0. The number of carbonyl (C=O) groups excluding carboxylic acids is 1. The fourth-order valence-electron chi connectivity index (χ4n) is 6.12. The maximum atomic E-state index is 11.9. The van der Waals surface area contributed by atoms with E-state index in [1.54, 1.807) is 12.2 Å². The Hall–Kier alpha value is -1.66. The van der Waals surface area contributed by atoms with Crippen LogP contribution >= 0.6 is 0 Å². The highest BCUT2D eigenvalue weighted by atomic mass is 16.3. The predicted octanol–water partition coefficient (Wildman–Crippen LogP) is 3.57. The number of allylic oxidation sites excluding steroid dienone is 5. The van der Waals surface area contributed by atoms with Crippen molar-refractivity contribution < 1.29 is 9.90 Å². The Kier molecular flexibility index (Phi) is 3.41. The molecule has 0 amide bonds. The molecule has 3 nitrogen and oxygen atoms in total. The van der Waals surface area contributed by atoms with E-state index in [9.17, 15) is 15.2 Å². The quantitative estimate of drug-likeness (QED) is 0.750. The van der Waals surface area contributed by atoms with E-state index in [-0.39, 0.29) is 35.1 Å². The standard InChI is InChI=1S/C21H25NO2/c1-20-8-6-18-16(17(20)4-3-14(20)11-22)9-13(12-23)19-10-15(24)5-7-21(18,19)2/h5-7,10,13-14,16-17,23H,3-4,8-9,12H2,1-2H3/t13-,14-,16+,17+,20-,21-/m1/s1. The third kappa shape index (κ3) is 1.90. The lowest BCUT2D eigenvalue weighted by atomic mass is 9.50. The van der Waals surface area contributed by atoms with Gasteiger partial charge < -0.3 is 5.11 Å². The summed E-state index contributed by atoms with van der Waals surface area (Å²) in [5, 5.41) is 19.5. The van der Waals surface area contributed by atoms with Crippen molar-refractivity contribution in [2.24, 2.45) is 34.5 Å². The molecule has 0 aliphatic heterocycles. The average Bonchev–Trinajstić information content (AvgIpc) is 2.91. The van der Waals surface area contributed by atoms with Gasteiger partial charge in [0.2, 0.25) is 0 Å². The van der Waals surface area contributed by atoms with Crippen molar-refractivity contribution in [1.82, 2.24) is 0 Å². The molecule has 126 valence electrons. The molecule has 1 N–H and O–H groups in total. The summed E-state index contributed by atoms with van der Waals surface area (Å²) in [7, 11) is 0. The molecular weight excluding hydrogens is 298 g/mol. The first-order valence-electron chi connectivity index (χ1n) is 9.10. The van der Waals surface area contributed by atoms with Gasteiger partial charge in [0.05, 0.1) is 12.0 Å². The SMILES string of the molecule is C[C@]12C=CC(=O)C=C1[C@@H](CO)C[C@@H]1C2=CC[C@]2(C)[C@@H](C#N)CC[C@@H]12. The van der Waals surface area contributed by atoms with Crippen molar-refractivity contribution >= 4 is 5.78 Å². The van der Waals surface area contributed by atoms with E-state index in [0.717, 1.165) is 31.3 Å². The molecule has 4 aliphatic rings. The van der Waals surface area contributed by atoms with Crippen LogP contribution in [0.2, 0.25) is 0 Å². The zero-order valence-electron chi connectivity index (χ0n) is 14.5. The van der Waals surface area contributed by atoms with E-state index >= 15 is 0 Å². The number of aliphatic hydroxyl groups excluding tert-OH is 1. The van der Waals surface area contributed by atoms with Gasteiger partial charge in [-0.1, -0.05) is 24.6 Å². The Bertz CT molecular complexity index is 725. The highest BCUT2D eigenvalue weighted by Crippen LogP contribution is 2.64. The fraction of sp³-hybridized carbons (Fsp3) is 0.619. The largest absolute Gasteiger partial charge is 0.396 e. The minimum atomic E-state index is -0.240. The van der Waals surface area contributed by atoms with Gasteiger partial charge in [0.25, 0.3) is 0 Å². The summed E-state index contributed by atoms with van der Waals surface area (Å²) in [6.45, 7) is 4.58. The van der Waals surface area contributed by atoms with Gasteiger partial charge in [-0.05, 0) is 67.6 Å². The molecule has 4 aliphatic carbocycles. The van der Waals surface area contributed by atoms with Gasteiger partial charge in [-0.2, -0.15) is 5.26 Å². The van der Waals surface area contributed by atoms with Gasteiger partial charge in [0.15, 0.2) is 5.78 Å². The average molecular weight is 323 g/mol. The lowest BCUT2D eigenvalue weighted by molar-refractivity contribution is -0.110. The Morgan fingerprint density at radius 2 is 2.12 bits per heavy atom. The van der Waals surface area contributed by atoms with E-state index in [0.29, 0.717) is 11.8 Å². The van der Waals surface area contributed by atoms with Crippen LogP contribution < -0.4 is 0 Å². The first-order chi connectivity index (χ1) is 11.4. The molecular formula is C21H25NO2. The summed E-state index contributed by atoms with van der Waals surface area (Å²) in [5.74, 6) is 1.15. The molecule has 0 saturated heterocycles. The van der Waals surface area contributed by atoms with Crippen molar-refractivity contribution in [2.75, 3.05) is 6.61 Å². The molecule has 0 aromatic heterocycles. The molecule has 0 unspecified atom stereocenters. The van der Waals surface area contributed by atoms with Crippen molar-refractivity contribution in [3.63, 3.8) is 0 Å². The molecule has 0 aromatic rings. The monoisotopic (exact) mass is 323 g/mol. The fourth-order valence-corrected chi connectivity index (χ4v) is 6.12. The van der Waals surface area contributed by atoms with Crippen LogP contribution in [0.1, 0.15) is 39.5 Å². The highest BCUT2D eigenvalue weighted by Gasteiger charge is 2.57. The lowest BCUT2D eigenvalue weighted by Gasteiger charge is -2.53. The molecule has 0 heterocycles. The predicted molar refractivity (Wildman–Crippen MR) is 91.7 cm³/mol. The number of hydrogen-bond acceptors (Lipinski definition) is 3. The van der Waals surface area contributed by atoms with Crippen molar-refractivity contribution in [3.05, 3.63) is 35.5 Å². The smallest absolute Gasteiger partial charge is 0.178 e. The molecule has 3 heteroatoms. The van der Waals surface area contributed by atoms with Crippen LogP contribution in [0.4, 0.5) is 0 Å². The van der Waals surface area contributed by atoms with Crippen LogP contribution in [-0.4, -0.2) is 17.5 Å². The van der Waals surface area contributed by atoms with Gasteiger partial charge in [-0.15, -0.1) is 0 Å². The zero-order chi connectivity index (χ0) is 17.1. The highest BCUT2D eigenvalue weighted by molar-refractivity contribution is 6.01. The Labute approximate surface area is 143 Å². The van der Waals surface area contributed by atoms with Gasteiger partial charge >= 0.3 is 0 Å². The minimum Gasteiger partial charge on any atom is -0.396 e. The zero-order valence-corrected chi connectivity index (χ0v) is 14.5. The van der Waals surface area contributed by atoms with E-state index in [2.05, 4.69) is 26.0 Å². The minimum absolute atomic E-state index is 0.0334. The second-order valence-corrected chi connectivity index (χ2v) is 8.49. The van der Waals surface area contributed by atoms with Crippen molar-refractivity contribution in [1.29, 1.82) is 5.26 Å². The van der Waals surface area contributed by atoms with Crippen LogP contribution in [0.5, 0.6) is 0 Å². The van der Waals surface area contributed by atoms with Crippen LogP contribution in [-0.2, 0) is 4.79 Å². The summed E-state index contributed by atoms with van der Waals surface area (Å²) in [5.41, 5.74) is 2.33. The maximum absolute atomic E-state index is 11.9. The van der Waals surface area contributed by atoms with E-state index in [4.69, 9.17) is 0 Å². The number of rotatable bonds is 1. The third-order valence-corrected chi connectivity index (χ3v) is 7.49. The first-order valence-corrected chi connectivity index (χ1v) is 9.10.